The van der Waals surface area contributed by atoms with E-state index in [1.54, 1.807) is 0 Å². The van der Waals surface area contributed by atoms with Gasteiger partial charge < -0.3 is 5.11 Å². The molecular formula is C11H20N2O. The van der Waals surface area contributed by atoms with Gasteiger partial charge in [0.05, 0.1) is 12.5 Å². The SMILES string of the molecule is CC(CC#N)N1CC(C)C(C)(CO)C1. The van der Waals surface area contributed by atoms with E-state index in [0.717, 1.165) is 13.1 Å². The average Bonchev–Trinajstić information content (AvgIpc) is 2.45. The molecule has 0 radical (unpaired) electrons. The van der Waals surface area contributed by atoms with Gasteiger partial charge in [-0.05, 0) is 12.8 Å². The second-order valence-corrected chi connectivity index (χ2v) is 4.85. The van der Waals surface area contributed by atoms with E-state index in [9.17, 15) is 5.11 Å². The summed E-state index contributed by atoms with van der Waals surface area (Å²) in [5, 5.41) is 18.0. The van der Waals surface area contributed by atoms with E-state index in [0.29, 0.717) is 18.4 Å². The molecule has 3 heteroatoms. The minimum absolute atomic E-state index is 0.0176. The van der Waals surface area contributed by atoms with Crippen LogP contribution in [0.3, 0.4) is 0 Å². The van der Waals surface area contributed by atoms with Crippen LogP contribution >= 0.6 is 0 Å². The average molecular weight is 196 g/mol. The fourth-order valence-corrected chi connectivity index (χ4v) is 2.06. The van der Waals surface area contributed by atoms with Gasteiger partial charge in [-0.1, -0.05) is 13.8 Å². The van der Waals surface area contributed by atoms with Crippen LogP contribution in [-0.4, -0.2) is 35.7 Å². The van der Waals surface area contributed by atoms with E-state index >= 15 is 0 Å². The maximum Gasteiger partial charge on any atom is 0.0638 e. The summed E-state index contributed by atoms with van der Waals surface area (Å²) >= 11 is 0. The number of aliphatic hydroxyl groups excluding tert-OH is 1. The van der Waals surface area contributed by atoms with E-state index in [1.807, 2.05) is 0 Å². The van der Waals surface area contributed by atoms with E-state index < -0.39 is 0 Å². The lowest BCUT2D eigenvalue weighted by atomic mass is 9.82. The fourth-order valence-electron chi connectivity index (χ4n) is 2.06. The van der Waals surface area contributed by atoms with Gasteiger partial charge in [-0.15, -0.1) is 0 Å². The van der Waals surface area contributed by atoms with E-state index in [-0.39, 0.29) is 12.0 Å². The normalized spacial score (nSPS) is 35.5. The molecule has 1 aliphatic heterocycles. The Morgan fingerprint density at radius 1 is 1.71 bits per heavy atom. The maximum atomic E-state index is 9.33. The molecule has 0 amide bonds. The molecule has 14 heavy (non-hydrogen) atoms. The third kappa shape index (κ3) is 2.08. The van der Waals surface area contributed by atoms with Crippen molar-refractivity contribution < 1.29 is 5.11 Å². The summed E-state index contributed by atoms with van der Waals surface area (Å²) in [5.41, 5.74) is 0.0176. The number of aliphatic hydroxyl groups is 1. The lowest BCUT2D eigenvalue weighted by Crippen LogP contribution is -2.34. The zero-order valence-electron chi connectivity index (χ0n) is 9.32. The highest BCUT2D eigenvalue weighted by Crippen LogP contribution is 2.36. The van der Waals surface area contributed by atoms with Crippen LogP contribution in [0.25, 0.3) is 0 Å². The molecule has 0 spiro atoms. The lowest BCUT2D eigenvalue weighted by molar-refractivity contribution is 0.113. The molecule has 3 nitrogen and oxygen atoms in total. The van der Waals surface area contributed by atoms with Gasteiger partial charge in [-0.25, -0.2) is 0 Å². The first kappa shape index (κ1) is 11.5. The maximum absolute atomic E-state index is 9.33. The monoisotopic (exact) mass is 196 g/mol. The van der Waals surface area contributed by atoms with Crippen molar-refractivity contribution in [2.24, 2.45) is 11.3 Å². The Bertz CT molecular complexity index is 236. The van der Waals surface area contributed by atoms with Gasteiger partial charge in [0.15, 0.2) is 0 Å². The number of likely N-dealkylation sites (tertiary alicyclic amines) is 1. The van der Waals surface area contributed by atoms with Crippen LogP contribution < -0.4 is 0 Å². The molecule has 0 aromatic rings. The van der Waals surface area contributed by atoms with Crippen LogP contribution in [0.15, 0.2) is 0 Å². The number of hydrogen-bond donors (Lipinski definition) is 1. The first-order valence-corrected chi connectivity index (χ1v) is 5.25. The molecule has 1 fully saturated rings. The molecule has 0 aliphatic carbocycles. The van der Waals surface area contributed by atoms with Crippen molar-refractivity contribution in [1.29, 1.82) is 5.26 Å². The molecule has 1 saturated heterocycles. The zero-order valence-corrected chi connectivity index (χ0v) is 9.32. The smallest absolute Gasteiger partial charge is 0.0638 e. The van der Waals surface area contributed by atoms with Gasteiger partial charge >= 0.3 is 0 Å². The second-order valence-electron chi connectivity index (χ2n) is 4.85. The molecule has 3 unspecified atom stereocenters. The Morgan fingerprint density at radius 2 is 2.36 bits per heavy atom. The van der Waals surface area contributed by atoms with Crippen molar-refractivity contribution in [2.45, 2.75) is 33.2 Å². The third-order valence-corrected chi connectivity index (χ3v) is 3.63. The molecular weight excluding hydrogens is 176 g/mol. The minimum Gasteiger partial charge on any atom is -0.396 e. The lowest BCUT2D eigenvalue weighted by Gasteiger charge is -2.26. The van der Waals surface area contributed by atoms with Gasteiger partial charge in [0.1, 0.15) is 0 Å². The molecule has 1 aliphatic rings. The van der Waals surface area contributed by atoms with Gasteiger partial charge in [0, 0.05) is 31.2 Å². The molecule has 0 saturated carbocycles. The first-order chi connectivity index (χ1) is 6.53. The standard InChI is InChI=1S/C11H20N2O/c1-9-6-13(10(2)4-5-12)7-11(9,3)8-14/h9-10,14H,4,6-8H2,1-3H3. The Morgan fingerprint density at radius 3 is 2.79 bits per heavy atom. The summed E-state index contributed by atoms with van der Waals surface area (Å²) < 4.78 is 0. The van der Waals surface area contributed by atoms with Crippen LogP contribution in [0, 0.1) is 22.7 Å². The molecule has 1 rings (SSSR count). The number of hydrogen-bond acceptors (Lipinski definition) is 3. The van der Waals surface area contributed by atoms with Crippen molar-refractivity contribution in [3.05, 3.63) is 0 Å². The predicted molar refractivity (Wildman–Crippen MR) is 55.6 cm³/mol. The molecule has 0 aromatic carbocycles. The number of nitrogens with zero attached hydrogens (tertiary/aromatic N) is 2. The molecule has 1 heterocycles. The van der Waals surface area contributed by atoms with Crippen molar-refractivity contribution in [3.8, 4) is 6.07 Å². The van der Waals surface area contributed by atoms with Crippen LogP contribution in [0.4, 0.5) is 0 Å². The summed E-state index contributed by atoms with van der Waals surface area (Å²) in [7, 11) is 0. The summed E-state index contributed by atoms with van der Waals surface area (Å²) in [6.07, 6.45) is 0.578. The Kier molecular flexibility index (Phi) is 3.52. The summed E-state index contributed by atoms with van der Waals surface area (Å²) in [5.74, 6) is 0.508. The predicted octanol–water partition coefficient (Wildman–Crippen LogP) is 1.24. The van der Waals surface area contributed by atoms with Gasteiger partial charge in [0.2, 0.25) is 0 Å². The van der Waals surface area contributed by atoms with Crippen LogP contribution in [0.2, 0.25) is 0 Å². The van der Waals surface area contributed by atoms with Gasteiger partial charge in [0.25, 0.3) is 0 Å². The molecule has 80 valence electrons. The van der Waals surface area contributed by atoms with Crippen molar-refractivity contribution in [3.63, 3.8) is 0 Å². The van der Waals surface area contributed by atoms with Crippen LogP contribution in [-0.2, 0) is 0 Å². The Balaban J connectivity index is 2.59. The van der Waals surface area contributed by atoms with Crippen molar-refractivity contribution in [1.82, 2.24) is 4.90 Å². The van der Waals surface area contributed by atoms with Crippen molar-refractivity contribution >= 4 is 0 Å². The summed E-state index contributed by atoms with van der Waals surface area (Å²) in [6, 6.07) is 2.52. The highest BCUT2D eigenvalue weighted by molar-refractivity contribution is 4.94. The molecule has 0 aromatic heterocycles. The molecule has 3 atom stereocenters. The van der Waals surface area contributed by atoms with Gasteiger partial charge in [-0.3, -0.25) is 4.90 Å². The quantitative estimate of drug-likeness (QED) is 0.738. The largest absolute Gasteiger partial charge is 0.396 e. The topological polar surface area (TPSA) is 47.3 Å². The first-order valence-electron chi connectivity index (χ1n) is 5.25. The zero-order chi connectivity index (χ0) is 10.8. The summed E-state index contributed by atoms with van der Waals surface area (Å²) in [6.45, 7) is 8.53. The third-order valence-electron chi connectivity index (χ3n) is 3.63. The second kappa shape index (κ2) is 4.29. The summed E-state index contributed by atoms with van der Waals surface area (Å²) in [4.78, 5) is 2.31. The molecule has 0 bridgehead atoms. The fraction of sp³-hybridized carbons (Fsp3) is 0.909. The van der Waals surface area contributed by atoms with Crippen molar-refractivity contribution in [2.75, 3.05) is 19.7 Å². The van der Waals surface area contributed by atoms with Crippen LogP contribution in [0.1, 0.15) is 27.2 Å². The van der Waals surface area contributed by atoms with E-state index in [2.05, 4.69) is 31.7 Å². The Hall–Kier alpha value is -0.590. The van der Waals surface area contributed by atoms with Crippen LogP contribution in [0.5, 0.6) is 0 Å². The van der Waals surface area contributed by atoms with Gasteiger partial charge in [-0.2, -0.15) is 5.26 Å². The highest BCUT2D eigenvalue weighted by atomic mass is 16.3. The highest BCUT2D eigenvalue weighted by Gasteiger charge is 2.40. The Labute approximate surface area is 86.3 Å². The number of nitriles is 1. The van der Waals surface area contributed by atoms with E-state index in [1.165, 1.54) is 0 Å². The minimum atomic E-state index is 0.0176. The van der Waals surface area contributed by atoms with E-state index in [4.69, 9.17) is 5.26 Å². The number of rotatable bonds is 3. The molecule has 1 N–H and O–H groups in total.